The van der Waals surface area contributed by atoms with Crippen molar-refractivity contribution in [1.29, 1.82) is 0 Å². The molecule has 134 valence electrons. The van der Waals surface area contributed by atoms with E-state index in [2.05, 4.69) is 19.2 Å². The molecule has 2 atom stereocenters. The maximum atomic E-state index is 12.3. The molecule has 0 aromatic heterocycles. The predicted octanol–water partition coefficient (Wildman–Crippen LogP) is 3.72. The third kappa shape index (κ3) is 5.41. The van der Waals surface area contributed by atoms with E-state index in [1.165, 1.54) is 0 Å². The topological polar surface area (TPSA) is 73.6 Å². The van der Waals surface area contributed by atoms with Crippen LogP contribution in [0.15, 0.2) is 18.2 Å². The fourth-order valence-corrected chi connectivity index (χ4v) is 3.01. The van der Waals surface area contributed by atoms with E-state index in [1.54, 1.807) is 0 Å². The van der Waals surface area contributed by atoms with Crippen LogP contribution in [0.3, 0.4) is 0 Å². The largest absolute Gasteiger partial charge is 0.490 e. The number of ether oxygens (including phenoxy) is 2. The van der Waals surface area contributed by atoms with Crippen molar-refractivity contribution in [3.63, 3.8) is 0 Å². The standard InChI is InChI=1S/C19H30N2O3/c1-3-10-23-17-9-8-15(13-18(17)24-11-4-2)21-19(22)12-14-6-5-7-16(14)20/h8-9,13-14,16H,3-7,10-12,20H2,1-2H3,(H,21,22)/t14-,16+/m0/s1. The first-order chi connectivity index (χ1) is 11.6. The molecule has 3 N–H and O–H groups in total. The molecule has 1 aliphatic carbocycles. The van der Waals surface area contributed by atoms with Gasteiger partial charge in [0, 0.05) is 24.2 Å². The van der Waals surface area contributed by atoms with E-state index in [1.807, 2.05) is 18.2 Å². The Morgan fingerprint density at radius 1 is 1.17 bits per heavy atom. The van der Waals surface area contributed by atoms with Crippen molar-refractivity contribution in [2.75, 3.05) is 18.5 Å². The SMILES string of the molecule is CCCOc1ccc(NC(=O)C[C@@H]2CCC[C@H]2N)cc1OCCC. The molecule has 2 rings (SSSR count). The molecule has 0 heterocycles. The molecule has 1 amide bonds. The van der Waals surface area contributed by atoms with Gasteiger partial charge in [0.05, 0.1) is 13.2 Å². The molecular formula is C19H30N2O3. The van der Waals surface area contributed by atoms with Crippen LogP contribution in [0.25, 0.3) is 0 Å². The van der Waals surface area contributed by atoms with Crippen LogP contribution in [-0.4, -0.2) is 25.2 Å². The van der Waals surface area contributed by atoms with Crippen LogP contribution < -0.4 is 20.5 Å². The number of hydrogen-bond acceptors (Lipinski definition) is 4. The minimum absolute atomic E-state index is 0.0148. The highest BCUT2D eigenvalue weighted by Crippen LogP contribution is 2.32. The Kier molecular flexibility index (Phi) is 7.37. The van der Waals surface area contributed by atoms with E-state index in [0.29, 0.717) is 31.3 Å². The molecule has 1 aromatic rings. The van der Waals surface area contributed by atoms with Crippen molar-refractivity contribution in [1.82, 2.24) is 0 Å². The third-order valence-corrected chi connectivity index (χ3v) is 4.32. The molecule has 1 aromatic carbocycles. The Hall–Kier alpha value is -1.75. The zero-order valence-corrected chi connectivity index (χ0v) is 14.8. The van der Waals surface area contributed by atoms with E-state index in [0.717, 1.165) is 43.5 Å². The normalized spacial score (nSPS) is 20.0. The first kappa shape index (κ1) is 18.6. The molecule has 5 heteroatoms. The summed E-state index contributed by atoms with van der Waals surface area (Å²) in [5.74, 6) is 1.72. The fourth-order valence-electron chi connectivity index (χ4n) is 3.01. The molecule has 0 aliphatic heterocycles. The molecule has 0 bridgehead atoms. The molecule has 1 fully saturated rings. The maximum absolute atomic E-state index is 12.3. The number of amides is 1. The van der Waals surface area contributed by atoms with Crippen molar-refractivity contribution < 1.29 is 14.3 Å². The quantitative estimate of drug-likeness (QED) is 0.722. The van der Waals surface area contributed by atoms with Gasteiger partial charge < -0.3 is 20.5 Å². The summed E-state index contributed by atoms with van der Waals surface area (Å²) in [5, 5.41) is 2.96. The second-order valence-electron chi connectivity index (χ2n) is 6.47. The Morgan fingerprint density at radius 3 is 2.50 bits per heavy atom. The Morgan fingerprint density at radius 2 is 1.88 bits per heavy atom. The Bertz CT molecular complexity index is 533. The van der Waals surface area contributed by atoms with Gasteiger partial charge in [0.15, 0.2) is 11.5 Å². The molecule has 24 heavy (non-hydrogen) atoms. The highest BCUT2D eigenvalue weighted by Gasteiger charge is 2.26. The van der Waals surface area contributed by atoms with Gasteiger partial charge in [-0.25, -0.2) is 0 Å². The smallest absolute Gasteiger partial charge is 0.224 e. The minimum Gasteiger partial charge on any atom is -0.490 e. The number of nitrogens with one attached hydrogen (secondary N) is 1. The van der Waals surface area contributed by atoms with E-state index in [9.17, 15) is 4.79 Å². The second-order valence-corrected chi connectivity index (χ2v) is 6.47. The number of carbonyl (C=O) groups excluding carboxylic acids is 1. The predicted molar refractivity (Wildman–Crippen MR) is 96.6 cm³/mol. The van der Waals surface area contributed by atoms with Crippen LogP contribution in [0.5, 0.6) is 11.5 Å². The number of nitrogens with two attached hydrogens (primary N) is 1. The van der Waals surface area contributed by atoms with Crippen molar-refractivity contribution in [3.05, 3.63) is 18.2 Å². The minimum atomic E-state index is 0.0148. The maximum Gasteiger partial charge on any atom is 0.224 e. The third-order valence-electron chi connectivity index (χ3n) is 4.32. The zero-order valence-electron chi connectivity index (χ0n) is 14.8. The average molecular weight is 334 g/mol. The lowest BCUT2D eigenvalue weighted by atomic mass is 10.00. The van der Waals surface area contributed by atoms with Crippen molar-refractivity contribution in [3.8, 4) is 11.5 Å². The van der Waals surface area contributed by atoms with Gasteiger partial charge in [0.25, 0.3) is 0 Å². The van der Waals surface area contributed by atoms with Gasteiger partial charge in [-0.1, -0.05) is 20.3 Å². The summed E-state index contributed by atoms with van der Waals surface area (Å²) in [4.78, 5) is 12.3. The van der Waals surface area contributed by atoms with Gasteiger partial charge in [-0.3, -0.25) is 4.79 Å². The number of anilines is 1. The average Bonchev–Trinajstić information content (AvgIpc) is 2.96. The fraction of sp³-hybridized carbons (Fsp3) is 0.632. The number of rotatable bonds is 9. The lowest BCUT2D eigenvalue weighted by Crippen LogP contribution is -2.28. The van der Waals surface area contributed by atoms with E-state index in [-0.39, 0.29) is 11.9 Å². The second kappa shape index (κ2) is 9.52. The van der Waals surface area contributed by atoms with Gasteiger partial charge in [-0.2, -0.15) is 0 Å². The Balaban J connectivity index is 1.99. The van der Waals surface area contributed by atoms with Crippen LogP contribution in [-0.2, 0) is 4.79 Å². The molecule has 0 unspecified atom stereocenters. The van der Waals surface area contributed by atoms with E-state index < -0.39 is 0 Å². The van der Waals surface area contributed by atoms with E-state index in [4.69, 9.17) is 15.2 Å². The van der Waals surface area contributed by atoms with Gasteiger partial charge in [-0.05, 0) is 43.7 Å². The zero-order chi connectivity index (χ0) is 17.4. The summed E-state index contributed by atoms with van der Waals surface area (Å²) in [6.45, 7) is 5.39. The molecule has 1 aliphatic rings. The summed E-state index contributed by atoms with van der Waals surface area (Å²) in [6.07, 6.45) is 5.54. The summed E-state index contributed by atoms with van der Waals surface area (Å²) < 4.78 is 11.5. The highest BCUT2D eigenvalue weighted by atomic mass is 16.5. The van der Waals surface area contributed by atoms with Crippen LogP contribution >= 0.6 is 0 Å². The molecule has 0 saturated heterocycles. The number of hydrogen-bond donors (Lipinski definition) is 2. The lowest BCUT2D eigenvalue weighted by Gasteiger charge is -2.16. The monoisotopic (exact) mass is 334 g/mol. The van der Waals surface area contributed by atoms with Crippen LogP contribution in [0.1, 0.15) is 52.4 Å². The summed E-state index contributed by atoms with van der Waals surface area (Å²) in [6, 6.07) is 5.71. The molecule has 0 radical (unpaired) electrons. The first-order valence-corrected chi connectivity index (χ1v) is 9.09. The van der Waals surface area contributed by atoms with Crippen LogP contribution in [0.2, 0.25) is 0 Å². The van der Waals surface area contributed by atoms with Gasteiger partial charge in [0.2, 0.25) is 5.91 Å². The summed E-state index contributed by atoms with van der Waals surface area (Å²) in [7, 11) is 0. The van der Waals surface area contributed by atoms with Gasteiger partial charge in [0.1, 0.15) is 0 Å². The Labute approximate surface area is 144 Å². The molecule has 5 nitrogen and oxygen atoms in total. The van der Waals surface area contributed by atoms with Crippen LogP contribution in [0, 0.1) is 5.92 Å². The summed E-state index contributed by atoms with van der Waals surface area (Å²) >= 11 is 0. The van der Waals surface area contributed by atoms with Crippen molar-refractivity contribution in [2.45, 2.75) is 58.4 Å². The number of benzene rings is 1. The molecular weight excluding hydrogens is 304 g/mol. The summed E-state index contributed by atoms with van der Waals surface area (Å²) in [5.41, 5.74) is 6.79. The first-order valence-electron chi connectivity index (χ1n) is 9.09. The number of carbonyl (C=O) groups is 1. The van der Waals surface area contributed by atoms with Crippen molar-refractivity contribution in [2.24, 2.45) is 11.7 Å². The lowest BCUT2D eigenvalue weighted by molar-refractivity contribution is -0.117. The van der Waals surface area contributed by atoms with Crippen LogP contribution in [0.4, 0.5) is 5.69 Å². The molecule has 0 spiro atoms. The van der Waals surface area contributed by atoms with Gasteiger partial charge >= 0.3 is 0 Å². The highest BCUT2D eigenvalue weighted by molar-refractivity contribution is 5.91. The van der Waals surface area contributed by atoms with Crippen molar-refractivity contribution >= 4 is 11.6 Å². The van der Waals surface area contributed by atoms with E-state index >= 15 is 0 Å². The molecule has 1 saturated carbocycles. The van der Waals surface area contributed by atoms with Gasteiger partial charge in [-0.15, -0.1) is 0 Å².